The molecule has 0 atom stereocenters. The molecule has 2 N–H and O–H groups in total. The Bertz CT molecular complexity index is 577. The Morgan fingerprint density at radius 2 is 1.79 bits per heavy atom. The van der Waals surface area contributed by atoms with Crippen LogP contribution in [0.1, 0.15) is 29.8 Å². The van der Waals surface area contributed by atoms with Crippen molar-refractivity contribution in [3.8, 4) is 5.75 Å². The normalized spacial score (nSPS) is 10.5. The van der Waals surface area contributed by atoms with Gasteiger partial charge in [-0.05, 0) is 26.0 Å². The van der Waals surface area contributed by atoms with Crippen LogP contribution in [0.3, 0.4) is 0 Å². The highest BCUT2D eigenvalue weighted by Gasteiger charge is 2.12. The maximum absolute atomic E-state index is 12.3. The lowest BCUT2D eigenvalue weighted by atomic mass is 10.0. The second-order valence-corrected chi connectivity index (χ2v) is 4.61. The van der Waals surface area contributed by atoms with E-state index >= 15 is 0 Å². The minimum absolute atomic E-state index is 0.0748. The number of hydrogen-bond acceptors (Lipinski definition) is 3. The summed E-state index contributed by atoms with van der Waals surface area (Å²) in [4.78, 5) is 12.3. The molecule has 2 rings (SSSR count). The molecule has 0 spiro atoms. The van der Waals surface area contributed by atoms with Gasteiger partial charge in [0.15, 0.2) is 5.78 Å². The SMILES string of the molecule is CC(C)Oc1ccc(C(=O)c2ccccc2)c(N)c1. The van der Waals surface area contributed by atoms with Gasteiger partial charge in [-0.2, -0.15) is 0 Å². The lowest BCUT2D eigenvalue weighted by Crippen LogP contribution is -2.08. The average molecular weight is 255 g/mol. The lowest BCUT2D eigenvalue weighted by Gasteiger charge is -2.12. The summed E-state index contributed by atoms with van der Waals surface area (Å²) in [7, 11) is 0. The van der Waals surface area contributed by atoms with Crippen molar-refractivity contribution in [2.75, 3.05) is 5.73 Å². The van der Waals surface area contributed by atoms with Gasteiger partial charge in [0.25, 0.3) is 0 Å². The van der Waals surface area contributed by atoms with E-state index in [1.54, 1.807) is 30.3 Å². The van der Waals surface area contributed by atoms with Crippen LogP contribution in [0, 0.1) is 0 Å². The number of ether oxygens (including phenoxy) is 1. The number of rotatable bonds is 4. The van der Waals surface area contributed by atoms with Crippen molar-refractivity contribution in [2.24, 2.45) is 0 Å². The average Bonchev–Trinajstić information content (AvgIpc) is 2.38. The zero-order chi connectivity index (χ0) is 13.8. The first-order chi connectivity index (χ1) is 9.08. The van der Waals surface area contributed by atoms with E-state index in [4.69, 9.17) is 10.5 Å². The van der Waals surface area contributed by atoms with Crippen LogP contribution >= 0.6 is 0 Å². The minimum Gasteiger partial charge on any atom is -0.491 e. The molecule has 0 heterocycles. The summed E-state index contributed by atoms with van der Waals surface area (Å²) in [6.07, 6.45) is 0.0788. The summed E-state index contributed by atoms with van der Waals surface area (Å²) in [5, 5.41) is 0. The largest absolute Gasteiger partial charge is 0.491 e. The molecule has 0 fully saturated rings. The molecule has 0 saturated carbocycles. The number of ketones is 1. The lowest BCUT2D eigenvalue weighted by molar-refractivity contribution is 0.103. The van der Waals surface area contributed by atoms with Crippen molar-refractivity contribution in [2.45, 2.75) is 20.0 Å². The molecule has 0 bridgehead atoms. The van der Waals surface area contributed by atoms with Gasteiger partial charge in [-0.1, -0.05) is 30.3 Å². The molecule has 2 aromatic rings. The Labute approximate surface area is 113 Å². The maximum atomic E-state index is 12.3. The highest BCUT2D eigenvalue weighted by atomic mass is 16.5. The number of hydrogen-bond donors (Lipinski definition) is 1. The van der Waals surface area contributed by atoms with Crippen molar-refractivity contribution in [1.82, 2.24) is 0 Å². The fraction of sp³-hybridized carbons (Fsp3) is 0.188. The van der Waals surface area contributed by atoms with E-state index in [1.807, 2.05) is 32.0 Å². The Hall–Kier alpha value is -2.29. The molecule has 0 saturated heterocycles. The van der Waals surface area contributed by atoms with E-state index in [-0.39, 0.29) is 11.9 Å². The molecule has 19 heavy (non-hydrogen) atoms. The Morgan fingerprint density at radius 3 is 2.37 bits per heavy atom. The Balaban J connectivity index is 2.29. The zero-order valence-electron chi connectivity index (χ0n) is 11.1. The molecule has 3 nitrogen and oxygen atoms in total. The molecule has 0 aromatic heterocycles. The van der Waals surface area contributed by atoms with Crippen LogP contribution in [-0.4, -0.2) is 11.9 Å². The van der Waals surface area contributed by atoms with Crippen molar-refractivity contribution in [3.05, 3.63) is 59.7 Å². The van der Waals surface area contributed by atoms with E-state index in [0.717, 1.165) is 0 Å². The van der Waals surface area contributed by atoms with Gasteiger partial charge in [-0.15, -0.1) is 0 Å². The van der Waals surface area contributed by atoms with Crippen molar-refractivity contribution in [3.63, 3.8) is 0 Å². The summed E-state index contributed by atoms with van der Waals surface area (Å²) >= 11 is 0. The zero-order valence-corrected chi connectivity index (χ0v) is 11.1. The van der Waals surface area contributed by atoms with Crippen LogP contribution in [0.5, 0.6) is 5.75 Å². The molecular weight excluding hydrogens is 238 g/mol. The van der Waals surface area contributed by atoms with E-state index in [0.29, 0.717) is 22.6 Å². The van der Waals surface area contributed by atoms with Gasteiger partial charge >= 0.3 is 0 Å². The molecule has 98 valence electrons. The van der Waals surface area contributed by atoms with E-state index in [9.17, 15) is 4.79 Å². The van der Waals surface area contributed by atoms with Crippen LogP contribution < -0.4 is 10.5 Å². The third-order valence-corrected chi connectivity index (χ3v) is 2.68. The molecule has 0 aliphatic rings. The smallest absolute Gasteiger partial charge is 0.195 e. The maximum Gasteiger partial charge on any atom is 0.195 e. The highest BCUT2D eigenvalue weighted by Crippen LogP contribution is 2.23. The topological polar surface area (TPSA) is 52.3 Å². The number of nitrogens with two attached hydrogens (primary N) is 1. The molecule has 0 unspecified atom stereocenters. The number of carbonyl (C=O) groups is 1. The van der Waals surface area contributed by atoms with Crippen molar-refractivity contribution in [1.29, 1.82) is 0 Å². The second kappa shape index (κ2) is 5.57. The summed E-state index contributed by atoms with van der Waals surface area (Å²) < 4.78 is 5.54. The molecule has 0 amide bonds. The van der Waals surface area contributed by atoms with Gasteiger partial charge in [0.1, 0.15) is 5.75 Å². The molecule has 0 radical (unpaired) electrons. The van der Waals surface area contributed by atoms with E-state index in [2.05, 4.69) is 0 Å². The van der Waals surface area contributed by atoms with Gasteiger partial charge in [-0.25, -0.2) is 0 Å². The van der Waals surface area contributed by atoms with Gasteiger partial charge in [0.05, 0.1) is 6.10 Å². The van der Waals surface area contributed by atoms with E-state index in [1.165, 1.54) is 0 Å². The van der Waals surface area contributed by atoms with Crippen molar-refractivity contribution < 1.29 is 9.53 Å². The molecule has 3 heteroatoms. The number of carbonyl (C=O) groups excluding carboxylic acids is 1. The molecule has 0 aliphatic carbocycles. The van der Waals surface area contributed by atoms with Gasteiger partial charge in [-0.3, -0.25) is 4.79 Å². The van der Waals surface area contributed by atoms with E-state index < -0.39 is 0 Å². The summed E-state index contributed by atoms with van der Waals surface area (Å²) in [6, 6.07) is 14.3. The Kier molecular flexibility index (Phi) is 3.85. The number of nitrogen functional groups attached to an aromatic ring is 1. The molecule has 2 aromatic carbocycles. The van der Waals surface area contributed by atoms with Crippen molar-refractivity contribution >= 4 is 11.5 Å². The van der Waals surface area contributed by atoms with Crippen LogP contribution in [0.15, 0.2) is 48.5 Å². The predicted molar refractivity (Wildman–Crippen MR) is 76.5 cm³/mol. The highest BCUT2D eigenvalue weighted by molar-refractivity contribution is 6.12. The first-order valence-electron chi connectivity index (χ1n) is 6.24. The summed E-state index contributed by atoms with van der Waals surface area (Å²) in [5.74, 6) is 0.603. The third kappa shape index (κ3) is 3.13. The van der Waals surface area contributed by atoms with Crippen LogP contribution in [-0.2, 0) is 0 Å². The predicted octanol–water partition coefficient (Wildman–Crippen LogP) is 3.29. The van der Waals surface area contributed by atoms with Crippen LogP contribution in [0.4, 0.5) is 5.69 Å². The van der Waals surface area contributed by atoms with Gasteiger partial charge in [0.2, 0.25) is 0 Å². The molecular formula is C16H17NO2. The van der Waals surface area contributed by atoms with Crippen LogP contribution in [0.2, 0.25) is 0 Å². The number of anilines is 1. The first-order valence-corrected chi connectivity index (χ1v) is 6.24. The summed E-state index contributed by atoms with van der Waals surface area (Å²) in [6.45, 7) is 3.89. The van der Waals surface area contributed by atoms with Gasteiger partial charge < -0.3 is 10.5 Å². The summed E-state index contributed by atoms with van der Waals surface area (Å²) in [5.41, 5.74) is 7.50. The molecule has 0 aliphatic heterocycles. The monoisotopic (exact) mass is 255 g/mol. The quantitative estimate of drug-likeness (QED) is 0.673. The standard InChI is InChI=1S/C16H17NO2/c1-11(2)19-13-8-9-14(15(17)10-13)16(18)12-6-4-3-5-7-12/h3-11H,17H2,1-2H3. The fourth-order valence-electron chi connectivity index (χ4n) is 1.84. The fourth-order valence-corrected chi connectivity index (χ4v) is 1.84. The van der Waals surface area contributed by atoms with Gasteiger partial charge in [0, 0.05) is 22.9 Å². The Morgan fingerprint density at radius 1 is 1.11 bits per heavy atom. The third-order valence-electron chi connectivity index (χ3n) is 2.68. The van der Waals surface area contributed by atoms with Crippen LogP contribution in [0.25, 0.3) is 0 Å². The number of benzene rings is 2. The second-order valence-electron chi connectivity index (χ2n) is 4.61. The minimum atomic E-state index is -0.0748. The first kappa shape index (κ1) is 13.1.